The number of carbonyl (C=O) groups is 1. The molecule has 24 heavy (non-hydrogen) atoms. The maximum Gasteiger partial charge on any atom is 0.415 e. The predicted octanol–water partition coefficient (Wildman–Crippen LogP) is 3.06. The minimum absolute atomic E-state index is 0.148. The Balaban J connectivity index is 2.10. The van der Waals surface area contributed by atoms with Crippen LogP contribution >= 0.6 is 8.46 Å². The molecule has 0 bridgehead atoms. The average Bonchev–Trinajstić information content (AvgIpc) is 3.10. The van der Waals surface area contributed by atoms with Gasteiger partial charge in [-0.05, 0) is 19.4 Å². The van der Waals surface area contributed by atoms with E-state index in [1.807, 2.05) is 30.3 Å². The van der Waals surface area contributed by atoms with Crippen molar-refractivity contribution in [1.82, 2.24) is 4.90 Å². The van der Waals surface area contributed by atoms with Gasteiger partial charge in [0, 0.05) is 13.2 Å². The summed E-state index contributed by atoms with van der Waals surface area (Å²) >= 11 is 0. The normalized spacial score (nSPS) is 14.8. The Morgan fingerprint density at radius 1 is 1.25 bits per heavy atom. The molecule has 2 rings (SSSR count). The van der Waals surface area contributed by atoms with Gasteiger partial charge in [-0.1, -0.05) is 30.3 Å². The molecule has 0 saturated carbocycles. The Hall–Kier alpha value is -1.82. The van der Waals surface area contributed by atoms with Crippen LogP contribution in [0.2, 0.25) is 0 Å². The summed E-state index contributed by atoms with van der Waals surface area (Å²) in [5.41, 5.74) is -0.697. The summed E-state index contributed by atoms with van der Waals surface area (Å²) in [4.78, 5) is 18.0. The molecule has 0 saturated heterocycles. The molecule has 8 heteroatoms. The summed E-state index contributed by atoms with van der Waals surface area (Å²) in [6.07, 6.45) is -0.567. The first-order chi connectivity index (χ1) is 11.7. The number of amides is 1. The average molecular weight is 352 g/mol. The van der Waals surface area contributed by atoms with Crippen LogP contribution in [0, 0.1) is 0 Å². The number of benzene rings is 1. The van der Waals surface area contributed by atoms with Gasteiger partial charge >= 0.3 is 11.6 Å². The summed E-state index contributed by atoms with van der Waals surface area (Å²) in [7, 11) is -0.415. The Bertz CT molecular complexity index is 587. The molecule has 1 amide bonds. The van der Waals surface area contributed by atoms with Crippen LogP contribution in [-0.2, 0) is 25.4 Å². The second kappa shape index (κ2) is 8.87. The molecule has 0 fully saturated rings. The van der Waals surface area contributed by atoms with E-state index in [0.29, 0.717) is 13.1 Å². The Kier molecular flexibility index (Phi) is 6.85. The zero-order valence-corrected chi connectivity index (χ0v) is 14.7. The highest BCUT2D eigenvalue weighted by Crippen LogP contribution is 2.32. The molecule has 130 valence electrons. The maximum absolute atomic E-state index is 12.4. The Labute approximate surface area is 142 Å². The van der Waals surface area contributed by atoms with Gasteiger partial charge in [-0.3, -0.25) is 14.5 Å². The highest BCUT2D eigenvalue weighted by molar-refractivity contribution is 7.27. The molecular formula is C16H21N2O5P. The number of aliphatic imine (C=N–C) groups is 1. The molecule has 1 aromatic carbocycles. The first kappa shape index (κ1) is 18.5. The van der Waals surface area contributed by atoms with Gasteiger partial charge < -0.3 is 14.2 Å². The van der Waals surface area contributed by atoms with Crippen LogP contribution in [-0.4, -0.2) is 48.7 Å². The molecule has 0 N–H and O–H groups in total. The molecule has 0 aliphatic carbocycles. The summed E-state index contributed by atoms with van der Waals surface area (Å²) in [5, 5.41) is 0. The molecule has 0 unspecified atom stereocenters. The van der Waals surface area contributed by atoms with Crippen LogP contribution < -0.4 is 0 Å². The van der Waals surface area contributed by atoms with E-state index in [-0.39, 0.29) is 25.7 Å². The lowest BCUT2D eigenvalue weighted by molar-refractivity contribution is -0.126. The van der Waals surface area contributed by atoms with Crippen molar-refractivity contribution in [1.29, 1.82) is 0 Å². The molecule has 1 aliphatic rings. The number of amidine groups is 1. The van der Waals surface area contributed by atoms with Crippen LogP contribution in [0.25, 0.3) is 0 Å². The fourth-order valence-electron chi connectivity index (χ4n) is 2.35. The minimum Gasteiger partial charge on any atom is -0.444 e. The van der Waals surface area contributed by atoms with Gasteiger partial charge in [-0.15, -0.1) is 0 Å². The summed E-state index contributed by atoms with van der Waals surface area (Å²) in [6.45, 7) is 4.91. The highest BCUT2D eigenvalue weighted by Gasteiger charge is 2.46. The first-order valence-corrected chi connectivity index (χ1v) is 8.63. The third-order valence-corrected chi connectivity index (χ3v) is 4.05. The first-order valence-electron chi connectivity index (χ1n) is 7.82. The zero-order chi connectivity index (χ0) is 17.4. The van der Waals surface area contributed by atoms with Gasteiger partial charge in [0.25, 0.3) is 0 Å². The van der Waals surface area contributed by atoms with E-state index in [1.54, 1.807) is 13.8 Å². The van der Waals surface area contributed by atoms with E-state index < -0.39 is 20.1 Å². The fraction of sp³-hybridized carbons (Fsp3) is 0.500. The van der Waals surface area contributed by atoms with Crippen molar-refractivity contribution in [2.75, 3.05) is 26.3 Å². The Morgan fingerprint density at radius 3 is 2.50 bits per heavy atom. The van der Waals surface area contributed by atoms with Gasteiger partial charge in [0.05, 0.1) is 13.1 Å². The topological polar surface area (TPSA) is 77.4 Å². The second-order valence-corrected chi connectivity index (χ2v) is 5.71. The molecule has 0 radical (unpaired) electrons. The van der Waals surface area contributed by atoms with E-state index in [2.05, 4.69) is 4.99 Å². The lowest BCUT2D eigenvalue weighted by atomic mass is 10.2. The standard InChI is InChI=1S/C16H21N2O5P/c1-3-22-16(24-20,23-4-2)14-17-10-11-18(14)15(19)21-12-13-8-6-5-7-9-13/h5-9H,3-4,10-12H2,1-2H3. The van der Waals surface area contributed by atoms with Crippen molar-refractivity contribution in [3.05, 3.63) is 35.9 Å². The number of rotatable bonds is 8. The van der Waals surface area contributed by atoms with Crippen molar-refractivity contribution in [3.8, 4) is 0 Å². The fourth-order valence-corrected chi connectivity index (χ4v) is 2.98. The minimum atomic E-state index is -1.58. The van der Waals surface area contributed by atoms with Crippen LogP contribution in [0.5, 0.6) is 0 Å². The molecule has 0 spiro atoms. The quantitative estimate of drug-likeness (QED) is 0.531. The molecule has 1 heterocycles. The van der Waals surface area contributed by atoms with Gasteiger partial charge in [-0.25, -0.2) is 4.79 Å². The van der Waals surface area contributed by atoms with E-state index in [9.17, 15) is 9.36 Å². The molecule has 1 aliphatic heterocycles. The monoisotopic (exact) mass is 352 g/mol. The summed E-state index contributed by atoms with van der Waals surface area (Å²) < 4.78 is 28.1. The lowest BCUT2D eigenvalue weighted by Crippen LogP contribution is -2.49. The number of hydrogen-bond acceptors (Lipinski definition) is 6. The van der Waals surface area contributed by atoms with E-state index in [0.717, 1.165) is 5.56 Å². The molecular weight excluding hydrogens is 331 g/mol. The van der Waals surface area contributed by atoms with Gasteiger partial charge in [0.2, 0.25) is 8.46 Å². The lowest BCUT2D eigenvalue weighted by Gasteiger charge is -2.30. The van der Waals surface area contributed by atoms with Crippen molar-refractivity contribution in [2.45, 2.75) is 26.0 Å². The van der Waals surface area contributed by atoms with E-state index >= 15 is 0 Å². The highest BCUT2D eigenvalue weighted by atomic mass is 31.1. The van der Waals surface area contributed by atoms with Crippen LogP contribution in [0.1, 0.15) is 19.4 Å². The van der Waals surface area contributed by atoms with Crippen molar-refractivity contribution in [2.24, 2.45) is 4.99 Å². The number of hydrogen-bond donors (Lipinski definition) is 0. The van der Waals surface area contributed by atoms with Crippen molar-refractivity contribution >= 4 is 20.4 Å². The molecule has 7 nitrogen and oxygen atoms in total. The molecule has 0 aromatic heterocycles. The third kappa shape index (κ3) is 4.17. The second-order valence-electron chi connectivity index (χ2n) is 4.94. The number of ether oxygens (including phenoxy) is 3. The smallest absolute Gasteiger partial charge is 0.415 e. The van der Waals surface area contributed by atoms with Crippen LogP contribution in [0.3, 0.4) is 0 Å². The number of nitrogens with zero attached hydrogens (tertiary/aromatic N) is 2. The SMILES string of the molecule is CCOC(OCC)(P=O)C1=NCCN1C(=O)OCc1ccccc1. The third-order valence-electron chi connectivity index (χ3n) is 3.35. The summed E-state index contributed by atoms with van der Waals surface area (Å²) in [5.74, 6) is 0.181. The largest absolute Gasteiger partial charge is 0.444 e. The van der Waals surface area contributed by atoms with Crippen LogP contribution in [0.15, 0.2) is 35.3 Å². The van der Waals surface area contributed by atoms with Gasteiger partial charge in [0.1, 0.15) is 6.61 Å². The molecule has 0 atom stereocenters. The van der Waals surface area contributed by atoms with E-state index in [4.69, 9.17) is 14.2 Å². The predicted molar refractivity (Wildman–Crippen MR) is 89.2 cm³/mol. The van der Waals surface area contributed by atoms with E-state index in [1.165, 1.54) is 4.90 Å². The zero-order valence-electron chi connectivity index (χ0n) is 13.8. The number of carbonyl (C=O) groups excluding carboxylic acids is 1. The van der Waals surface area contributed by atoms with Crippen molar-refractivity contribution in [3.63, 3.8) is 0 Å². The summed E-state index contributed by atoms with van der Waals surface area (Å²) in [6, 6.07) is 9.37. The van der Waals surface area contributed by atoms with Crippen LogP contribution in [0.4, 0.5) is 4.79 Å². The maximum atomic E-state index is 12.4. The van der Waals surface area contributed by atoms with Gasteiger partial charge in [-0.2, -0.15) is 0 Å². The van der Waals surface area contributed by atoms with Gasteiger partial charge in [0.15, 0.2) is 5.84 Å². The van der Waals surface area contributed by atoms with Crippen molar-refractivity contribution < 1.29 is 23.6 Å². The molecule has 1 aromatic rings. The Morgan fingerprint density at radius 2 is 1.92 bits per heavy atom.